The first-order valence-electron chi connectivity index (χ1n) is 12.2. The highest BCUT2D eigenvalue weighted by Crippen LogP contribution is 2.48. The SMILES string of the molecule is CC.CC1CCCCN1CC(CC1C(=O)Nc2c1ccc1c2OC=CC(C)(C)O1)N(C)C=O. The molecule has 3 atom stereocenters. The zero-order valence-corrected chi connectivity index (χ0v) is 20.9. The Bertz CT molecular complexity index is 883. The van der Waals surface area contributed by atoms with Crippen molar-refractivity contribution in [3.63, 3.8) is 0 Å². The average Bonchev–Trinajstić information content (AvgIpc) is 3.01. The van der Waals surface area contributed by atoms with E-state index in [1.807, 2.05) is 45.9 Å². The molecule has 0 spiro atoms. The number of piperidine rings is 1. The van der Waals surface area contributed by atoms with Crippen LogP contribution in [0.2, 0.25) is 0 Å². The second kappa shape index (κ2) is 10.6. The molecule has 3 aliphatic rings. The van der Waals surface area contributed by atoms with Gasteiger partial charge in [0.2, 0.25) is 12.3 Å². The third kappa shape index (κ3) is 5.52. The van der Waals surface area contributed by atoms with Crippen LogP contribution in [0.3, 0.4) is 0 Å². The Morgan fingerprint density at radius 1 is 1.30 bits per heavy atom. The molecule has 0 aromatic heterocycles. The van der Waals surface area contributed by atoms with Crippen molar-refractivity contribution in [3.8, 4) is 11.5 Å². The number of nitrogens with zero attached hydrogens (tertiary/aromatic N) is 2. The summed E-state index contributed by atoms with van der Waals surface area (Å²) in [7, 11) is 1.81. The van der Waals surface area contributed by atoms with Crippen LogP contribution in [-0.4, -0.2) is 59.9 Å². The van der Waals surface area contributed by atoms with E-state index in [-0.39, 0.29) is 17.9 Å². The van der Waals surface area contributed by atoms with Crippen LogP contribution >= 0.6 is 0 Å². The fourth-order valence-electron chi connectivity index (χ4n) is 4.79. The van der Waals surface area contributed by atoms with E-state index >= 15 is 0 Å². The first-order valence-corrected chi connectivity index (χ1v) is 12.2. The molecule has 182 valence electrons. The largest absolute Gasteiger partial charge is 0.480 e. The number of benzene rings is 1. The third-order valence-electron chi connectivity index (χ3n) is 6.76. The number of likely N-dealkylation sites (N-methyl/N-ethyl adjacent to an activating group) is 1. The van der Waals surface area contributed by atoms with Gasteiger partial charge >= 0.3 is 0 Å². The zero-order valence-electron chi connectivity index (χ0n) is 20.9. The lowest BCUT2D eigenvalue weighted by Crippen LogP contribution is -2.47. The maximum absolute atomic E-state index is 13.0. The molecule has 3 unspecified atom stereocenters. The number of likely N-dealkylation sites (tertiary alicyclic amines) is 1. The Labute approximate surface area is 198 Å². The van der Waals surface area contributed by atoms with E-state index in [1.54, 1.807) is 18.2 Å². The van der Waals surface area contributed by atoms with Gasteiger partial charge in [-0.2, -0.15) is 0 Å². The lowest BCUT2D eigenvalue weighted by atomic mass is 9.91. The van der Waals surface area contributed by atoms with Crippen molar-refractivity contribution in [1.29, 1.82) is 0 Å². The Balaban J connectivity index is 0.00000149. The maximum atomic E-state index is 13.0. The minimum absolute atomic E-state index is 0.0467. The van der Waals surface area contributed by atoms with Crippen LogP contribution in [-0.2, 0) is 9.59 Å². The topological polar surface area (TPSA) is 71.1 Å². The molecule has 0 radical (unpaired) electrons. The number of carbonyl (C=O) groups is 2. The van der Waals surface area contributed by atoms with E-state index in [9.17, 15) is 9.59 Å². The van der Waals surface area contributed by atoms with Crippen molar-refractivity contribution in [1.82, 2.24) is 9.80 Å². The van der Waals surface area contributed by atoms with Crippen molar-refractivity contribution in [2.24, 2.45) is 0 Å². The molecule has 0 aliphatic carbocycles. The zero-order chi connectivity index (χ0) is 24.2. The molecule has 1 aromatic rings. The lowest BCUT2D eigenvalue weighted by molar-refractivity contribution is -0.121. The molecule has 7 heteroatoms. The number of carbonyl (C=O) groups excluding carboxylic acids is 2. The third-order valence-corrected chi connectivity index (χ3v) is 6.76. The minimum Gasteiger partial charge on any atom is -0.480 e. The molecule has 3 heterocycles. The number of amides is 2. The van der Waals surface area contributed by atoms with Crippen molar-refractivity contribution >= 4 is 18.0 Å². The molecule has 4 rings (SSSR count). The summed E-state index contributed by atoms with van der Waals surface area (Å²) < 4.78 is 11.9. The predicted octanol–water partition coefficient (Wildman–Crippen LogP) is 4.53. The number of ether oxygens (including phenoxy) is 2. The first kappa shape index (κ1) is 25.1. The molecule has 1 N–H and O–H groups in total. The van der Waals surface area contributed by atoms with Crippen LogP contribution in [0.25, 0.3) is 0 Å². The molecule has 0 saturated carbocycles. The van der Waals surface area contributed by atoms with E-state index in [4.69, 9.17) is 9.47 Å². The smallest absolute Gasteiger partial charge is 0.232 e. The lowest BCUT2D eigenvalue weighted by Gasteiger charge is -2.38. The molecule has 1 fully saturated rings. The summed E-state index contributed by atoms with van der Waals surface area (Å²) in [5.74, 6) is 0.755. The van der Waals surface area contributed by atoms with Crippen LogP contribution in [0, 0.1) is 0 Å². The second-order valence-corrected chi connectivity index (χ2v) is 9.53. The summed E-state index contributed by atoms with van der Waals surface area (Å²) in [5.41, 5.74) is 1.08. The molecule has 33 heavy (non-hydrogen) atoms. The van der Waals surface area contributed by atoms with E-state index in [0.717, 1.165) is 25.1 Å². The number of nitrogens with one attached hydrogen (secondary N) is 1. The molecule has 3 aliphatic heterocycles. The fraction of sp³-hybridized carbons (Fsp3) is 0.615. The van der Waals surface area contributed by atoms with Crippen LogP contribution < -0.4 is 14.8 Å². The van der Waals surface area contributed by atoms with Crippen molar-refractivity contribution in [2.75, 3.05) is 25.5 Å². The van der Waals surface area contributed by atoms with Crippen molar-refractivity contribution < 1.29 is 19.1 Å². The molecule has 1 aromatic carbocycles. The van der Waals surface area contributed by atoms with Gasteiger partial charge in [0.05, 0.1) is 17.9 Å². The summed E-state index contributed by atoms with van der Waals surface area (Å²) in [5, 5.41) is 3.01. The van der Waals surface area contributed by atoms with Gasteiger partial charge in [0.25, 0.3) is 0 Å². The summed E-state index contributed by atoms with van der Waals surface area (Å²) in [4.78, 5) is 28.8. The molecule has 1 saturated heterocycles. The number of rotatable bonds is 6. The van der Waals surface area contributed by atoms with Gasteiger partial charge in [-0.25, -0.2) is 0 Å². The normalized spacial score (nSPS) is 24.0. The van der Waals surface area contributed by atoms with Crippen molar-refractivity contribution in [2.45, 2.75) is 83.9 Å². The number of hydrogen-bond donors (Lipinski definition) is 1. The highest BCUT2D eigenvalue weighted by atomic mass is 16.5. The maximum Gasteiger partial charge on any atom is 0.232 e. The fourth-order valence-corrected chi connectivity index (χ4v) is 4.79. The van der Waals surface area contributed by atoms with Crippen LogP contribution in [0.5, 0.6) is 11.5 Å². The predicted molar refractivity (Wildman–Crippen MR) is 131 cm³/mol. The summed E-state index contributed by atoms with van der Waals surface area (Å²) in [6.07, 6.45) is 8.52. The van der Waals surface area contributed by atoms with E-state index in [1.165, 1.54) is 19.3 Å². The van der Waals surface area contributed by atoms with E-state index in [2.05, 4.69) is 17.1 Å². The van der Waals surface area contributed by atoms with Gasteiger partial charge in [-0.1, -0.05) is 26.3 Å². The average molecular weight is 458 g/mol. The summed E-state index contributed by atoms with van der Waals surface area (Å²) in [6.45, 7) is 12.0. The van der Waals surface area contributed by atoms with E-state index in [0.29, 0.717) is 29.6 Å². The van der Waals surface area contributed by atoms with Gasteiger partial charge in [0.1, 0.15) is 5.60 Å². The van der Waals surface area contributed by atoms with Gasteiger partial charge < -0.3 is 19.7 Å². The van der Waals surface area contributed by atoms with Gasteiger partial charge in [-0.15, -0.1) is 0 Å². The summed E-state index contributed by atoms with van der Waals surface area (Å²) >= 11 is 0. The number of hydrogen-bond acceptors (Lipinski definition) is 5. The number of fused-ring (bicyclic) bond motifs is 3. The van der Waals surface area contributed by atoms with Crippen molar-refractivity contribution in [3.05, 3.63) is 30.0 Å². The van der Waals surface area contributed by atoms with Crippen LogP contribution in [0.1, 0.15) is 71.8 Å². The van der Waals surface area contributed by atoms with Gasteiger partial charge in [0, 0.05) is 25.7 Å². The summed E-state index contributed by atoms with van der Waals surface area (Å²) in [6, 6.07) is 4.27. The second-order valence-electron chi connectivity index (χ2n) is 9.53. The highest BCUT2D eigenvalue weighted by Gasteiger charge is 2.38. The Kier molecular flexibility index (Phi) is 8.05. The minimum atomic E-state index is -0.496. The highest BCUT2D eigenvalue weighted by molar-refractivity contribution is 6.05. The van der Waals surface area contributed by atoms with Gasteiger partial charge in [-0.05, 0) is 64.3 Å². The van der Waals surface area contributed by atoms with E-state index < -0.39 is 5.60 Å². The first-order chi connectivity index (χ1) is 15.8. The van der Waals surface area contributed by atoms with Crippen LogP contribution in [0.4, 0.5) is 5.69 Å². The number of anilines is 1. The Morgan fingerprint density at radius 3 is 2.76 bits per heavy atom. The van der Waals surface area contributed by atoms with Crippen LogP contribution in [0.15, 0.2) is 24.5 Å². The Morgan fingerprint density at radius 2 is 2.06 bits per heavy atom. The Hall–Kier alpha value is -2.54. The standard InChI is InChI=1S/C24H33N3O4.C2H6/c1-16-7-5-6-11-27(16)14-17(26(4)15-28)13-19-18-8-9-20-22(21(18)25-23(19)29)30-12-10-24(2,3)31-20;1-2/h8-10,12,15-17,19H,5-7,11,13-14H2,1-4H3,(H,25,29);1-2H3. The molecular formula is C26H39N3O4. The molecule has 2 amide bonds. The van der Waals surface area contributed by atoms with Gasteiger partial charge in [-0.3, -0.25) is 14.5 Å². The molecule has 0 bridgehead atoms. The quantitative estimate of drug-likeness (QED) is 0.636. The van der Waals surface area contributed by atoms with Gasteiger partial charge in [0.15, 0.2) is 11.5 Å². The monoisotopic (exact) mass is 457 g/mol. The molecule has 7 nitrogen and oxygen atoms in total. The molecular weight excluding hydrogens is 418 g/mol.